The van der Waals surface area contributed by atoms with Crippen LogP contribution in [0.15, 0.2) is 48.5 Å². The third-order valence-corrected chi connectivity index (χ3v) is 4.08. The van der Waals surface area contributed by atoms with Gasteiger partial charge in [0.15, 0.2) is 0 Å². The third-order valence-electron chi connectivity index (χ3n) is 4.08. The standard InChI is InChI=1S/C20H14FNO2/c1-12-8-13-4-2-3-5-16(13)20(17(12)10-19(23)24)14-6-7-18(21)15(9-14)11-22/h2-9H,10H2,1H3,(H,23,24). The van der Waals surface area contributed by atoms with Crippen LogP contribution in [0.3, 0.4) is 0 Å². The smallest absolute Gasteiger partial charge is 0.307 e. The number of benzene rings is 3. The molecule has 118 valence electrons. The summed E-state index contributed by atoms with van der Waals surface area (Å²) in [6.45, 7) is 1.86. The number of rotatable bonds is 3. The van der Waals surface area contributed by atoms with Gasteiger partial charge in [0.05, 0.1) is 12.0 Å². The Balaban J connectivity index is 2.40. The number of fused-ring (bicyclic) bond motifs is 1. The zero-order valence-corrected chi connectivity index (χ0v) is 13.0. The topological polar surface area (TPSA) is 61.1 Å². The largest absolute Gasteiger partial charge is 0.481 e. The highest BCUT2D eigenvalue weighted by Gasteiger charge is 2.16. The van der Waals surface area contributed by atoms with Gasteiger partial charge in [0.2, 0.25) is 0 Å². The average Bonchev–Trinajstić information content (AvgIpc) is 2.56. The van der Waals surface area contributed by atoms with E-state index in [-0.39, 0.29) is 12.0 Å². The van der Waals surface area contributed by atoms with Crippen LogP contribution in [0.2, 0.25) is 0 Å². The fraction of sp³-hybridized carbons (Fsp3) is 0.100. The molecule has 3 aromatic rings. The van der Waals surface area contributed by atoms with E-state index in [0.717, 1.165) is 21.9 Å². The van der Waals surface area contributed by atoms with Gasteiger partial charge in [0.25, 0.3) is 0 Å². The molecule has 0 bridgehead atoms. The molecule has 0 saturated carbocycles. The minimum atomic E-state index is -0.933. The maximum absolute atomic E-state index is 13.7. The summed E-state index contributed by atoms with van der Waals surface area (Å²) in [6, 6.07) is 15.7. The number of nitriles is 1. The Kier molecular flexibility index (Phi) is 4.01. The molecule has 0 heterocycles. The molecule has 0 aliphatic rings. The summed E-state index contributed by atoms with van der Waals surface area (Å²) in [5.74, 6) is -1.52. The van der Waals surface area contributed by atoms with Crippen LogP contribution in [0.4, 0.5) is 4.39 Å². The summed E-state index contributed by atoms with van der Waals surface area (Å²) in [7, 11) is 0. The normalized spacial score (nSPS) is 10.5. The molecule has 4 heteroatoms. The Morgan fingerprint density at radius 2 is 1.96 bits per heavy atom. The molecule has 0 spiro atoms. The second-order valence-corrected chi connectivity index (χ2v) is 5.65. The van der Waals surface area contributed by atoms with Gasteiger partial charge in [0, 0.05) is 0 Å². The molecule has 0 amide bonds. The van der Waals surface area contributed by atoms with E-state index in [1.807, 2.05) is 43.3 Å². The van der Waals surface area contributed by atoms with Crippen molar-refractivity contribution in [1.29, 1.82) is 5.26 Å². The maximum atomic E-state index is 13.7. The van der Waals surface area contributed by atoms with E-state index in [9.17, 15) is 14.3 Å². The lowest BCUT2D eigenvalue weighted by molar-refractivity contribution is -0.136. The van der Waals surface area contributed by atoms with Crippen molar-refractivity contribution in [1.82, 2.24) is 0 Å². The van der Waals surface area contributed by atoms with Gasteiger partial charge in [-0.05, 0) is 52.1 Å². The van der Waals surface area contributed by atoms with E-state index in [0.29, 0.717) is 11.1 Å². The third kappa shape index (κ3) is 2.72. The maximum Gasteiger partial charge on any atom is 0.307 e. The number of hydrogen-bond acceptors (Lipinski definition) is 2. The zero-order valence-electron chi connectivity index (χ0n) is 13.0. The molecular formula is C20H14FNO2. The predicted molar refractivity (Wildman–Crippen MR) is 90.1 cm³/mol. The molecule has 1 N–H and O–H groups in total. The number of carbonyl (C=O) groups is 1. The second-order valence-electron chi connectivity index (χ2n) is 5.65. The lowest BCUT2D eigenvalue weighted by Gasteiger charge is -2.16. The number of aryl methyl sites for hydroxylation is 1. The molecule has 0 unspecified atom stereocenters. The number of carboxylic acid groups (broad SMARTS) is 1. The fourth-order valence-corrected chi connectivity index (χ4v) is 3.01. The number of halogens is 1. The molecule has 0 radical (unpaired) electrons. The first kappa shape index (κ1) is 15.7. The number of hydrogen-bond donors (Lipinski definition) is 1. The summed E-state index contributed by atoms with van der Waals surface area (Å²) >= 11 is 0. The molecule has 0 atom stereocenters. The Morgan fingerprint density at radius 1 is 1.21 bits per heavy atom. The number of aliphatic carboxylic acids is 1. The summed E-state index contributed by atoms with van der Waals surface area (Å²) in [4.78, 5) is 11.3. The lowest BCUT2D eigenvalue weighted by Crippen LogP contribution is -2.05. The van der Waals surface area contributed by atoms with Gasteiger partial charge in [-0.1, -0.05) is 36.4 Å². The van der Waals surface area contributed by atoms with E-state index in [4.69, 9.17) is 5.26 Å². The summed E-state index contributed by atoms with van der Waals surface area (Å²) in [6.07, 6.45) is -0.134. The Bertz CT molecular complexity index is 1000. The molecule has 0 aromatic heterocycles. The van der Waals surface area contributed by atoms with E-state index in [1.165, 1.54) is 12.1 Å². The Morgan fingerprint density at radius 3 is 2.67 bits per heavy atom. The van der Waals surface area contributed by atoms with Crippen LogP contribution in [-0.2, 0) is 11.2 Å². The van der Waals surface area contributed by atoms with Crippen molar-refractivity contribution >= 4 is 16.7 Å². The molecular weight excluding hydrogens is 305 g/mol. The molecule has 24 heavy (non-hydrogen) atoms. The van der Waals surface area contributed by atoms with Crippen LogP contribution in [0.1, 0.15) is 16.7 Å². The molecule has 3 rings (SSSR count). The van der Waals surface area contributed by atoms with Crippen LogP contribution in [0.5, 0.6) is 0 Å². The van der Waals surface area contributed by atoms with Crippen molar-refractivity contribution in [2.45, 2.75) is 13.3 Å². The first-order chi connectivity index (χ1) is 11.5. The van der Waals surface area contributed by atoms with Crippen molar-refractivity contribution in [3.05, 3.63) is 71.0 Å². The fourth-order valence-electron chi connectivity index (χ4n) is 3.01. The molecule has 0 saturated heterocycles. The first-order valence-corrected chi connectivity index (χ1v) is 7.44. The van der Waals surface area contributed by atoms with Crippen molar-refractivity contribution in [2.24, 2.45) is 0 Å². The van der Waals surface area contributed by atoms with Gasteiger partial charge >= 0.3 is 5.97 Å². The quantitative estimate of drug-likeness (QED) is 0.775. The van der Waals surface area contributed by atoms with Crippen molar-refractivity contribution in [2.75, 3.05) is 0 Å². The summed E-state index contributed by atoms with van der Waals surface area (Å²) in [5, 5.41) is 20.2. The highest BCUT2D eigenvalue weighted by atomic mass is 19.1. The highest BCUT2D eigenvalue weighted by molar-refractivity contribution is 6.00. The lowest BCUT2D eigenvalue weighted by atomic mass is 9.88. The van der Waals surface area contributed by atoms with Crippen LogP contribution < -0.4 is 0 Å². The second kappa shape index (κ2) is 6.13. The molecule has 0 fully saturated rings. The predicted octanol–water partition coefficient (Wildman–Crippen LogP) is 4.45. The Labute approximate surface area is 138 Å². The van der Waals surface area contributed by atoms with Gasteiger partial charge in [0.1, 0.15) is 11.9 Å². The van der Waals surface area contributed by atoms with Gasteiger partial charge in [-0.3, -0.25) is 4.79 Å². The van der Waals surface area contributed by atoms with Crippen molar-refractivity contribution < 1.29 is 14.3 Å². The van der Waals surface area contributed by atoms with E-state index >= 15 is 0 Å². The average molecular weight is 319 g/mol. The van der Waals surface area contributed by atoms with Gasteiger partial charge < -0.3 is 5.11 Å². The number of nitrogens with zero attached hydrogens (tertiary/aromatic N) is 1. The minimum Gasteiger partial charge on any atom is -0.481 e. The number of carboxylic acids is 1. The van der Waals surface area contributed by atoms with E-state index < -0.39 is 11.8 Å². The molecule has 0 aliphatic carbocycles. The van der Waals surface area contributed by atoms with E-state index in [1.54, 1.807) is 6.07 Å². The monoisotopic (exact) mass is 319 g/mol. The SMILES string of the molecule is Cc1cc2ccccc2c(-c2ccc(F)c(C#N)c2)c1CC(=O)O. The summed E-state index contributed by atoms with van der Waals surface area (Å²) in [5.41, 5.74) is 2.86. The van der Waals surface area contributed by atoms with E-state index in [2.05, 4.69) is 0 Å². The molecule has 0 aliphatic heterocycles. The van der Waals surface area contributed by atoms with Gasteiger partial charge in [-0.2, -0.15) is 5.26 Å². The van der Waals surface area contributed by atoms with Crippen LogP contribution >= 0.6 is 0 Å². The summed E-state index contributed by atoms with van der Waals surface area (Å²) < 4.78 is 13.7. The van der Waals surface area contributed by atoms with Crippen LogP contribution in [0.25, 0.3) is 21.9 Å². The first-order valence-electron chi connectivity index (χ1n) is 7.44. The van der Waals surface area contributed by atoms with Crippen molar-refractivity contribution in [3.8, 4) is 17.2 Å². The molecule has 3 nitrogen and oxygen atoms in total. The van der Waals surface area contributed by atoms with Crippen LogP contribution in [-0.4, -0.2) is 11.1 Å². The molecule has 3 aromatic carbocycles. The van der Waals surface area contributed by atoms with Gasteiger partial charge in [-0.15, -0.1) is 0 Å². The van der Waals surface area contributed by atoms with Crippen molar-refractivity contribution in [3.63, 3.8) is 0 Å². The van der Waals surface area contributed by atoms with Gasteiger partial charge in [-0.25, -0.2) is 4.39 Å². The minimum absolute atomic E-state index is 0.0561. The van der Waals surface area contributed by atoms with Crippen LogP contribution in [0, 0.1) is 24.1 Å². The highest BCUT2D eigenvalue weighted by Crippen LogP contribution is 2.35. The Hall–Kier alpha value is -3.19. The zero-order chi connectivity index (χ0) is 17.3.